The molecule has 0 amide bonds. The number of anilines is 1. The van der Waals surface area contributed by atoms with Crippen LogP contribution in [0.2, 0.25) is 0 Å². The number of hydrogen-bond donors (Lipinski definition) is 2. The molecule has 92 valence electrons. The maximum absolute atomic E-state index is 4.32. The van der Waals surface area contributed by atoms with E-state index in [4.69, 9.17) is 0 Å². The lowest BCUT2D eigenvalue weighted by molar-refractivity contribution is 0.635. The van der Waals surface area contributed by atoms with Gasteiger partial charge < -0.3 is 9.88 Å². The van der Waals surface area contributed by atoms with E-state index in [-0.39, 0.29) is 0 Å². The van der Waals surface area contributed by atoms with Gasteiger partial charge in [0.2, 0.25) is 5.95 Å². The molecule has 0 aliphatic rings. The van der Waals surface area contributed by atoms with Gasteiger partial charge in [0.1, 0.15) is 0 Å². The van der Waals surface area contributed by atoms with Crippen LogP contribution in [-0.2, 0) is 13.1 Å². The molecule has 0 bridgehead atoms. The van der Waals surface area contributed by atoms with Crippen molar-refractivity contribution in [3.05, 3.63) is 29.8 Å². The van der Waals surface area contributed by atoms with Crippen LogP contribution in [-0.4, -0.2) is 19.7 Å². The molecular weight excluding hydrogens is 214 g/mol. The molecule has 0 fully saturated rings. The molecule has 2 aromatic rings. The van der Waals surface area contributed by atoms with Gasteiger partial charge in [0.05, 0.1) is 6.20 Å². The van der Waals surface area contributed by atoms with Crippen molar-refractivity contribution in [2.45, 2.75) is 39.8 Å². The second kappa shape index (κ2) is 5.52. The molecule has 0 saturated carbocycles. The topological polar surface area (TPSA) is 58.5 Å². The van der Waals surface area contributed by atoms with Crippen LogP contribution >= 0.6 is 0 Å². The van der Waals surface area contributed by atoms with Gasteiger partial charge in [-0.05, 0) is 13.3 Å². The molecule has 17 heavy (non-hydrogen) atoms. The van der Waals surface area contributed by atoms with Gasteiger partial charge >= 0.3 is 0 Å². The molecule has 2 N–H and O–H groups in total. The molecule has 0 unspecified atom stereocenters. The number of aromatic nitrogens is 4. The Balaban J connectivity index is 1.95. The van der Waals surface area contributed by atoms with E-state index in [0.29, 0.717) is 0 Å². The minimum Gasteiger partial charge on any atom is -0.351 e. The van der Waals surface area contributed by atoms with E-state index in [0.717, 1.165) is 24.7 Å². The van der Waals surface area contributed by atoms with E-state index in [1.807, 2.05) is 25.5 Å². The van der Waals surface area contributed by atoms with Crippen LogP contribution in [0, 0.1) is 6.92 Å². The SMILES string of the molecule is CCCCn1ccnc1NCc1cn[nH]c1C. The molecule has 2 aromatic heterocycles. The lowest BCUT2D eigenvalue weighted by Gasteiger charge is -2.08. The summed E-state index contributed by atoms with van der Waals surface area (Å²) >= 11 is 0. The van der Waals surface area contributed by atoms with Crippen molar-refractivity contribution in [3.8, 4) is 0 Å². The molecule has 5 nitrogen and oxygen atoms in total. The average Bonchev–Trinajstić information content (AvgIpc) is 2.93. The summed E-state index contributed by atoms with van der Waals surface area (Å²) < 4.78 is 2.15. The Morgan fingerprint density at radius 3 is 3.06 bits per heavy atom. The maximum atomic E-state index is 4.32. The first-order valence-electron chi connectivity index (χ1n) is 6.05. The normalized spacial score (nSPS) is 10.7. The summed E-state index contributed by atoms with van der Waals surface area (Å²) in [6.45, 7) is 5.99. The van der Waals surface area contributed by atoms with Crippen LogP contribution in [0.1, 0.15) is 31.0 Å². The van der Waals surface area contributed by atoms with Crippen LogP contribution in [0.25, 0.3) is 0 Å². The Morgan fingerprint density at radius 2 is 2.35 bits per heavy atom. The van der Waals surface area contributed by atoms with E-state index in [1.165, 1.54) is 18.4 Å². The summed E-state index contributed by atoms with van der Waals surface area (Å²) in [4.78, 5) is 4.32. The van der Waals surface area contributed by atoms with Crippen molar-refractivity contribution < 1.29 is 0 Å². The number of aromatic amines is 1. The number of rotatable bonds is 6. The molecule has 0 aromatic carbocycles. The van der Waals surface area contributed by atoms with E-state index < -0.39 is 0 Å². The standard InChI is InChI=1S/C12H19N5/c1-3-4-6-17-7-5-13-12(17)14-8-11-9-15-16-10(11)2/h5,7,9H,3-4,6,8H2,1-2H3,(H,13,14)(H,15,16). The third-order valence-corrected chi connectivity index (χ3v) is 2.84. The van der Waals surface area contributed by atoms with Crippen molar-refractivity contribution in [3.63, 3.8) is 0 Å². The predicted molar refractivity (Wildman–Crippen MR) is 67.8 cm³/mol. The molecule has 5 heteroatoms. The first-order chi connectivity index (χ1) is 8.31. The summed E-state index contributed by atoms with van der Waals surface area (Å²) in [7, 11) is 0. The number of hydrogen-bond acceptors (Lipinski definition) is 3. The van der Waals surface area contributed by atoms with Crippen molar-refractivity contribution in [1.82, 2.24) is 19.7 Å². The fourth-order valence-corrected chi connectivity index (χ4v) is 1.71. The zero-order valence-electron chi connectivity index (χ0n) is 10.4. The Morgan fingerprint density at radius 1 is 1.47 bits per heavy atom. The molecule has 0 spiro atoms. The third kappa shape index (κ3) is 2.87. The summed E-state index contributed by atoms with van der Waals surface area (Å²) in [6.07, 6.45) is 8.07. The van der Waals surface area contributed by atoms with Crippen molar-refractivity contribution in [1.29, 1.82) is 0 Å². The van der Waals surface area contributed by atoms with Crippen molar-refractivity contribution >= 4 is 5.95 Å². The zero-order valence-corrected chi connectivity index (χ0v) is 10.4. The largest absolute Gasteiger partial charge is 0.351 e. The fourth-order valence-electron chi connectivity index (χ4n) is 1.71. The number of nitrogens with zero attached hydrogens (tertiary/aromatic N) is 3. The van der Waals surface area contributed by atoms with Gasteiger partial charge in [0.25, 0.3) is 0 Å². The fraction of sp³-hybridized carbons (Fsp3) is 0.500. The highest BCUT2D eigenvalue weighted by molar-refractivity contribution is 5.29. The van der Waals surface area contributed by atoms with Gasteiger partial charge in [-0.1, -0.05) is 13.3 Å². The minimum atomic E-state index is 0.755. The molecule has 2 rings (SSSR count). The Hall–Kier alpha value is -1.78. The van der Waals surface area contributed by atoms with Gasteiger partial charge in [-0.3, -0.25) is 5.10 Å². The van der Waals surface area contributed by atoms with E-state index in [2.05, 4.69) is 32.0 Å². The van der Waals surface area contributed by atoms with Crippen molar-refractivity contribution in [2.75, 3.05) is 5.32 Å². The number of imidazole rings is 1. The second-order valence-corrected chi connectivity index (χ2v) is 4.17. The Kier molecular flexibility index (Phi) is 3.80. The third-order valence-electron chi connectivity index (χ3n) is 2.84. The predicted octanol–water partition coefficient (Wildman–Crippen LogP) is 2.33. The van der Waals surface area contributed by atoms with Gasteiger partial charge in [0, 0.05) is 36.7 Å². The van der Waals surface area contributed by atoms with Crippen LogP contribution in [0.5, 0.6) is 0 Å². The number of nitrogens with one attached hydrogen (secondary N) is 2. The number of H-pyrrole nitrogens is 1. The highest BCUT2D eigenvalue weighted by atomic mass is 15.2. The first kappa shape index (κ1) is 11.7. The summed E-state index contributed by atoms with van der Waals surface area (Å²) in [5.41, 5.74) is 2.28. The minimum absolute atomic E-state index is 0.755. The molecule has 0 atom stereocenters. The number of aryl methyl sites for hydroxylation is 2. The Bertz CT molecular complexity index is 457. The van der Waals surface area contributed by atoms with Gasteiger partial charge in [-0.15, -0.1) is 0 Å². The van der Waals surface area contributed by atoms with Crippen LogP contribution in [0.3, 0.4) is 0 Å². The summed E-state index contributed by atoms with van der Waals surface area (Å²) in [5, 5.41) is 10.3. The lowest BCUT2D eigenvalue weighted by Crippen LogP contribution is -2.07. The second-order valence-electron chi connectivity index (χ2n) is 4.17. The van der Waals surface area contributed by atoms with Crippen LogP contribution < -0.4 is 5.32 Å². The van der Waals surface area contributed by atoms with Crippen LogP contribution in [0.4, 0.5) is 5.95 Å². The van der Waals surface area contributed by atoms with Gasteiger partial charge in [0.15, 0.2) is 0 Å². The highest BCUT2D eigenvalue weighted by Crippen LogP contribution is 2.09. The molecule has 0 aliphatic heterocycles. The van der Waals surface area contributed by atoms with Crippen molar-refractivity contribution in [2.24, 2.45) is 0 Å². The monoisotopic (exact) mass is 233 g/mol. The van der Waals surface area contributed by atoms with Crippen LogP contribution in [0.15, 0.2) is 18.6 Å². The molecule has 0 radical (unpaired) electrons. The average molecular weight is 233 g/mol. The van der Waals surface area contributed by atoms with E-state index in [1.54, 1.807) is 0 Å². The maximum Gasteiger partial charge on any atom is 0.203 e. The van der Waals surface area contributed by atoms with Gasteiger partial charge in [-0.25, -0.2) is 4.98 Å². The smallest absolute Gasteiger partial charge is 0.203 e. The summed E-state index contributed by atoms with van der Waals surface area (Å²) in [6, 6.07) is 0. The molecule has 0 aliphatic carbocycles. The Labute approximate surface area is 101 Å². The molecule has 0 saturated heterocycles. The van der Waals surface area contributed by atoms with E-state index >= 15 is 0 Å². The number of unbranched alkanes of at least 4 members (excludes halogenated alkanes) is 1. The molecular formula is C12H19N5. The quantitative estimate of drug-likeness (QED) is 0.805. The van der Waals surface area contributed by atoms with E-state index in [9.17, 15) is 0 Å². The van der Waals surface area contributed by atoms with Gasteiger partial charge in [-0.2, -0.15) is 5.10 Å². The highest BCUT2D eigenvalue weighted by Gasteiger charge is 2.04. The molecule has 2 heterocycles. The lowest BCUT2D eigenvalue weighted by atomic mass is 10.3. The first-order valence-corrected chi connectivity index (χ1v) is 6.05. The zero-order chi connectivity index (χ0) is 12.1. The summed E-state index contributed by atoms with van der Waals surface area (Å²) in [5.74, 6) is 0.930.